The molecule has 0 fully saturated rings. The maximum absolute atomic E-state index is 12.2. The fraction of sp³-hybridized carbons (Fsp3) is 0.278. The molecule has 0 aliphatic carbocycles. The molecule has 0 saturated heterocycles. The first-order valence-corrected chi connectivity index (χ1v) is 6.98. The first-order valence-electron chi connectivity index (χ1n) is 6.98. The van der Waals surface area contributed by atoms with Crippen LogP contribution in [0.4, 0.5) is 0 Å². The zero-order valence-corrected chi connectivity index (χ0v) is 12.8. The summed E-state index contributed by atoms with van der Waals surface area (Å²) in [4.78, 5) is 12.2. The molecule has 2 aromatic rings. The van der Waals surface area contributed by atoms with Crippen LogP contribution < -0.4 is 9.47 Å². The Hall–Kier alpha value is -2.29. The first-order chi connectivity index (χ1) is 9.97. The highest BCUT2D eigenvalue weighted by molar-refractivity contribution is 5.78. The third-order valence-electron chi connectivity index (χ3n) is 3.20. The van der Waals surface area contributed by atoms with Crippen molar-refractivity contribution in [2.24, 2.45) is 0 Å². The average Bonchev–Trinajstić information content (AvgIpc) is 2.43. The number of ether oxygens (including phenoxy) is 2. The highest BCUT2D eigenvalue weighted by Gasteiger charge is 2.19. The van der Waals surface area contributed by atoms with Crippen LogP contribution in [-0.2, 0) is 4.79 Å². The second-order valence-electron chi connectivity index (χ2n) is 5.22. The minimum Gasteiger partial charge on any atom is -0.479 e. The number of carbonyl (C=O) groups is 1. The number of para-hydroxylation sites is 1. The lowest BCUT2D eigenvalue weighted by atomic mass is 10.1. The molecule has 2 aromatic carbocycles. The molecule has 0 N–H and O–H groups in total. The second kappa shape index (κ2) is 6.44. The zero-order chi connectivity index (χ0) is 15.4. The monoisotopic (exact) mass is 284 g/mol. The third kappa shape index (κ3) is 3.85. The second-order valence-corrected chi connectivity index (χ2v) is 5.22. The van der Waals surface area contributed by atoms with E-state index in [0.717, 1.165) is 16.7 Å². The van der Waals surface area contributed by atoms with Gasteiger partial charge in [-0.25, -0.2) is 4.79 Å². The summed E-state index contributed by atoms with van der Waals surface area (Å²) in [5, 5.41) is 0. The Kier molecular flexibility index (Phi) is 4.63. The molecule has 0 aliphatic rings. The van der Waals surface area contributed by atoms with Crippen LogP contribution in [0, 0.1) is 20.8 Å². The quantitative estimate of drug-likeness (QED) is 0.629. The maximum atomic E-state index is 12.2. The number of hydrogen-bond donors (Lipinski definition) is 0. The molecule has 0 amide bonds. The summed E-state index contributed by atoms with van der Waals surface area (Å²) in [7, 11) is 0. The van der Waals surface area contributed by atoms with Gasteiger partial charge < -0.3 is 9.47 Å². The van der Waals surface area contributed by atoms with E-state index in [-0.39, 0.29) is 0 Å². The Labute approximate surface area is 125 Å². The Morgan fingerprint density at radius 1 is 1.00 bits per heavy atom. The maximum Gasteiger partial charge on any atom is 0.352 e. The first kappa shape index (κ1) is 15.1. The summed E-state index contributed by atoms with van der Waals surface area (Å²) in [6.07, 6.45) is -0.660. The largest absolute Gasteiger partial charge is 0.479 e. The Bertz CT molecular complexity index is 609. The van der Waals surface area contributed by atoms with Crippen LogP contribution in [0.5, 0.6) is 11.5 Å². The summed E-state index contributed by atoms with van der Waals surface area (Å²) >= 11 is 0. The van der Waals surface area contributed by atoms with E-state index >= 15 is 0 Å². The van der Waals surface area contributed by atoms with Gasteiger partial charge in [0.15, 0.2) is 6.10 Å². The van der Waals surface area contributed by atoms with E-state index in [4.69, 9.17) is 9.47 Å². The van der Waals surface area contributed by atoms with Gasteiger partial charge in [-0.3, -0.25) is 0 Å². The minimum absolute atomic E-state index is 0.395. The van der Waals surface area contributed by atoms with Crippen LogP contribution in [0.2, 0.25) is 0 Å². The van der Waals surface area contributed by atoms with Crippen molar-refractivity contribution in [3.63, 3.8) is 0 Å². The van der Waals surface area contributed by atoms with Crippen LogP contribution in [0.3, 0.4) is 0 Å². The lowest BCUT2D eigenvalue weighted by Gasteiger charge is -2.16. The minimum atomic E-state index is -0.660. The molecule has 0 radical (unpaired) electrons. The fourth-order valence-electron chi connectivity index (χ4n) is 2.26. The molecule has 0 heterocycles. The molecule has 21 heavy (non-hydrogen) atoms. The van der Waals surface area contributed by atoms with Crippen molar-refractivity contribution in [3.8, 4) is 11.5 Å². The SMILES string of the molecule is Cc1cc(C)c(OC(=O)C(C)Oc2ccccc2)c(C)c1. The molecule has 110 valence electrons. The number of rotatable bonds is 4. The molecular weight excluding hydrogens is 264 g/mol. The highest BCUT2D eigenvalue weighted by Crippen LogP contribution is 2.25. The molecule has 3 heteroatoms. The van der Waals surface area contributed by atoms with Crippen LogP contribution in [0.15, 0.2) is 42.5 Å². The van der Waals surface area contributed by atoms with Crippen molar-refractivity contribution >= 4 is 5.97 Å². The van der Waals surface area contributed by atoms with Gasteiger partial charge in [0.1, 0.15) is 11.5 Å². The van der Waals surface area contributed by atoms with E-state index < -0.39 is 12.1 Å². The van der Waals surface area contributed by atoms with Gasteiger partial charge in [-0.15, -0.1) is 0 Å². The van der Waals surface area contributed by atoms with Gasteiger partial charge in [0.25, 0.3) is 0 Å². The van der Waals surface area contributed by atoms with Crippen molar-refractivity contribution in [1.82, 2.24) is 0 Å². The number of benzene rings is 2. The summed E-state index contributed by atoms with van der Waals surface area (Å²) in [6, 6.07) is 13.2. The molecule has 1 atom stereocenters. The zero-order valence-electron chi connectivity index (χ0n) is 12.8. The summed E-state index contributed by atoms with van der Waals surface area (Å²) in [5.41, 5.74) is 3.05. The van der Waals surface area contributed by atoms with Gasteiger partial charge in [0.05, 0.1) is 0 Å². The van der Waals surface area contributed by atoms with E-state index in [1.54, 1.807) is 6.92 Å². The van der Waals surface area contributed by atoms with Gasteiger partial charge in [-0.2, -0.15) is 0 Å². The molecule has 0 aromatic heterocycles. The molecule has 1 unspecified atom stereocenters. The Morgan fingerprint density at radius 3 is 2.14 bits per heavy atom. The van der Waals surface area contributed by atoms with Crippen LogP contribution >= 0.6 is 0 Å². The molecule has 0 bridgehead atoms. The molecular formula is C18H20O3. The molecule has 0 aliphatic heterocycles. The average molecular weight is 284 g/mol. The van der Waals surface area contributed by atoms with E-state index in [2.05, 4.69) is 0 Å². The lowest BCUT2D eigenvalue weighted by molar-refractivity contribution is -0.141. The third-order valence-corrected chi connectivity index (χ3v) is 3.20. The van der Waals surface area contributed by atoms with Gasteiger partial charge in [0.2, 0.25) is 0 Å². The summed E-state index contributed by atoms with van der Waals surface area (Å²) < 4.78 is 11.1. The van der Waals surface area contributed by atoms with Crippen LogP contribution in [-0.4, -0.2) is 12.1 Å². The Balaban J connectivity index is 2.08. The molecule has 0 saturated carbocycles. The van der Waals surface area contributed by atoms with Crippen molar-refractivity contribution in [2.45, 2.75) is 33.8 Å². The number of carbonyl (C=O) groups excluding carboxylic acids is 1. The van der Waals surface area contributed by atoms with Crippen LogP contribution in [0.25, 0.3) is 0 Å². The van der Waals surface area contributed by atoms with Gasteiger partial charge in [-0.1, -0.05) is 35.9 Å². The molecule has 3 nitrogen and oxygen atoms in total. The molecule has 2 rings (SSSR count). The number of hydrogen-bond acceptors (Lipinski definition) is 3. The predicted octanol–water partition coefficient (Wildman–Crippen LogP) is 3.98. The number of esters is 1. The fourth-order valence-corrected chi connectivity index (χ4v) is 2.26. The van der Waals surface area contributed by atoms with Gasteiger partial charge in [0, 0.05) is 0 Å². The topological polar surface area (TPSA) is 35.5 Å². The lowest BCUT2D eigenvalue weighted by Crippen LogP contribution is -2.28. The normalized spacial score (nSPS) is 11.8. The van der Waals surface area contributed by atoms with Crippen molar-refractivity contribution in [3.05, 3.63) is 59.2 Å². The standard InChI is InChI=1S/C18H20O3/c1-12-10-13(2)17(14(3)11-12)21-18(19)15(4)20-16-8-6-5-7-9-16/h5-11,15H,1-4H3. The van der Waals surface area contributed by atoms with Gasteiger partial charge >= 0.3 is 5.97 Å². The summed E-state index contributed by atoms with van der Waals surface area (Å²) in [5.74, 6) is 0.877. The predicted molar refractivity (Wildman–Crippen MR) is 82.8 cm³/mol. The smallest absolute Gasteiger partial charge is 0.352 e. The van der Waals surface area contributed by atoms with Gasteiger partial charge in [-0.05, 0) is 51.0 Å². The van der Waals surface area contributed by atoms with Crippen LogP contribution in [0.1, 0.15) is 23.6 Å². The Morgan fingerprint density at radius 2 is 1.57 bits per heavy atom. The van der Waals surface area contributed by atoms with E-state index in [9.17, 15) is 4.79 Å². The highest BCUT2D eigenvalue weighted by atomic mass is 16.6. The van der Waals surface area contributed by atoms with E-state index in [1.807, 2.05) is 63.2 Å². The summed E-state index contributed by atoms with van der Waals surface area (Å²) in [6.45, 7) is 7.58. The van der Waals surface area contributed by atoms with Crippen molar-refractivity contribution in [2.75, 3.05) is 0 Å². The van der Waals surface area contributed by atoms with Crippen molar-refractivity contribution in [1.29, 1.82) is 0 Å². The van der Waals surface area contributed by atoms with E-state index in [0.29, 0.717) is 11.5 Å². The van der Waals surface area contributed by atoms with Crippen molar-refractivity contribution < 1.29 is 14.3 Å². The number of aryl methyl sites for hydroxylation is 3. The van der Waals surface area contributed by atoms with E-state index in [1.165, 1.54) is 0 Å². The molecule has 0 spiro atoms.